The molecule has 34 heavy (non-hydrogen) atoms. The molecule has 0 aromatic heterocycles. The molecule has 0 N–H and O–H groups in total. The van der Waals surface area contributed by atoms with E-state index in [2.05, 4.69) is 51.4 Å². The maximum Gasteiger partial charge on any atom is 0.254 e. The summed E-state index contributed by atoms with van der Waals surface area (Å²) in [5.41, 5.74) is 1.72. The molecule has 170 valence electrons. The van der Waals surface area contributed by atoms with E-state index in [9.17, 15) is 9.59 Å². The van der Waals surface area contributed by atoms with Crippen molar-refractivity contribution in [2.45, 2.75) is 13.0 Å². The highest BCUT2D eigenvalue weighted by molar-refractivity contribution is 9.10. The summed E-state index contributed by atoms with van der Waals surface area (Å²) in [4.78, 5) is 25.6. The molecule has 1 saturated carbocycles. The molecule has 1 saturated heterocycles. The highest BCUT2D eigenvalue weighted by Gasteiger charge is 2.59. The fourth-order valence-corrected chi connectivity index (χ4v) is 6.47. The van der Waals surface area contributed by atoms with Crippen molar-refractivity contribution in [1.82, 2.24) is 5.01 Å². The monoisotopic (exact) mass is 534 g/mol. The van der Waals surface area contributed by atoms with Gasteiger partial charge in [-0.05, 0) is 68.2 Å². The molecule has 2 amide bonds. The highest BCUT2D eigenvalue weighted by atomic mass is 79.9. The van der Waals surface area contributed by atoms with Crippen LogP contribution in [-0.2, 0) is 16.2 Å². The first-order valence-corrected chi connectivity index (χ1v) is 12.4. The Kier molecular flexibility index (Phi) is 5.30. The second-order valence-electron chi connectivity index (χ2n) is 8.97. The van der Waals surface area contributed by atoms with E-state index < -0.39 is 0 Å². The lowest BCUT2D eigenvalue weighted by Crippen LogP contribution is -2.28. The topological polar surface area (TPSA) is 59.0 Å². The summed E-state index contributed by atoms with van der Waals surface area (Å²) < 4.78 is 6.73. The quantitative estimate of drug-likeness (QED) is 0.230. The number of fused-ring (bicyclic) bond motifs is 6. The number of halogens is 2. The smallest absolute Gasteiger partial charge is 0.254 e. The number of ether oxygens (including phenoxy) is 1. The van der Waals surface area contributed by atoms with Crippen LogP contribution in [0.4, 0.5) is 0 Å². The second-order valence-corrected chi connectivity index (χ2v) is 10.2. The average molecular weight is 536 g/mol. The Morgan fingerprint density at radius 1 is 1.03 bits per heavy atom. The Morgan fingerprint density at radius 2 is 1.74 bits per heavy atom. The third kappa shape index (κ3) is 3.48. The third-order valence-corrected chi connectivity index (χ3v) is 7.91. The van der Waals surface area contributed by atoms with Gasteiger partial charge in [-0.15, -0.1) is 0 Å². The number of imide groups is 1. The summed E-state index contributed by atoms with van der Waals surface area (Å²) in [5.74, 6) is -0.0923. The Labute approximate surface area is 210 Å². The third-order valence-electron chi connectivity index (χ3n) is 7.04. The Balaban J connectivity index is 1.19. The fourth-order valence-electron chi connectivity index (χ4n) is 5.48. The first kappa shape index (κ1) is 21.6. The van der Waals surface area contributed by atoms with Gasteiger partial charge in [0.1, 0.15) is 6.61 Å². The van der Waals surface area contributed by atoms with E-state index >= 15 is 0 Å². The zero-order valence-corrected chi connectivity index (χ0v) is 20.4. The van der Waals surface area contributed by atoms with Crippen LogP contribution >= 0.6 is 27.5 Å². The lowest BCUT2D eigenvalue weighted by molar-refractivity contribution is -0.140. The summed E-state index contributed by atoms with van der Waals surface area (Å²) in [6.07, 6.45) is 6.53. The second kappa shape index (κ2) is 8.36. The number of hydrogen-bond acceptors (Lipinski definition) is 4. The van der Waals surface area contributed by atoms with Gasteiger partial charge < -0.3 is 4.74 Å². The molecule has 2 bridgehead atoms. The van der Waals surface area contributed by atoms with Crippen LogP contribution in [-0.4, -0.2) is 23.0 Å². The minimum Gasteiger partial charge on any atom is -0.486 e. The van der Waals surface area contributed by atoms with Gasteiger partial charge in [0.2, 0.25) is 0 Å². The molecule has 4 atom stereocenters. The number of allylic oxidation sites excluding steroid dienone is 2. The van der Waals surface area contributed by atoms with Crippen molar-refractivity contribution < 1.29 is 14.3 Å². The molecular formula is C27H20BrClN2O3. The number of amides is 2. The molecule has 2 fully saturated rings. The maximum absolute atomic E-state index is 12.8. The number of rotatable bonds is 5. The summed E-state index contributed by atoms with van der Waals surface area (Å²) in [7, 11) is 0. The summed E-state index contributed by atoms with van der Waals surface area (Å²) in [5, 5.41) is 7.97. The zero-order valence-electron chi connectivity index (χ0n) is 18.0. The lowest BCUT2D eigenvalue weighted by atomic mass is 9.85. The van der Waals surface area contributed by atoms with Crippen molar-refractivity contribution in [2.24, 2.45) is 28.8 Å². The number of hydrogen-bond donors (Lipinski definition) is 0. The van der Waals surface area contributed by atoms with Crippen molar-refractivity contribution in [1.29, 1.82) is 0 Å². The number of hydrazone groups is 1. The van der Waals surface area contributed by atoms with Crippen molar-refractivity contribution in [2.75, 3.05) is 0 Å². The van der Waals surface area contributed by atoms with Gasteiger partial charge in [-0.2, -0.15) is 10.1 Å². The van der Waals surface area contributed by atoms with Crippen molar-refractivity contribution in [3.8, 4) is 5.75 Å². The zero-order chi connectivity index (χ0) is 23.4. The predicted molar refractivity (Wildman–Crippen MR) is 135 cm³/mol. The molecule has 6 rings (SSSR count). The van der Waals surface area contributed by atoms with Crippen LogP contribution in [0.2, 0.25) is 5.02 Å². The van der Waals surface area contributed by atoms with Gasteiger partial charge in [0.25, 0.3) is 11.8 Å². The molecule has 3 aliphatic rings. The van der Waals surface area contributed by atoms with Gasteiger partial charge >= 0.3 is 0 Å². The van der Waals surface area contributed by atoms with Crippen molar-refractivity contribution >= 4 is 56.3 Å². The molecule has 0 spiro atoms. The summed E-state index contributed by atoms with van der Waals surface area (Å²) in [6, 6.07) is 17.8. The standard InChI is InChI=1S/C27H20BrClN2O3/c28-21-10-15(13-30-31-26(32)23-17-8-9-18(12-17)24(23)27(31)33)11-22(29)25(21)34-14-19-6-3-5-16-4-1-2-7-20(16)19/h1-11,13,17-18,23-24H,12,14H2/t17-,18-,23-,24+/m0/s1. The van der Waals surface area contributed by atoms with Crippen LogP contribution < -0.4 is 4.74 Å². The number of benzene rings is 3. The van der Waals surface area contributed by atoms with E-state index in [4.69, 9.17) is 16.3 Å². The van der Waals surface area contributed by atoms with E-state index in [1.807, 2.05) is 30.3 Å². The first-order chi connectivity index (χ1) is 16.5. The molecule has 0 unspecified atom stereocenters. The summed E-state index contributed by atoms with van der Waals surface area (Å²) in [6.45, 7) is 0.364. The molecular weight excluding hydrogens is 516 g/mol. The van der Waals surface area contributed by atoms with E-state index in [0.29, 0.717) is 27.4 Å². The van der Waals surface area contributed by atoms with Crippen LogP contribution in [0.3, 0.4) is 0 Å². The van der Waals surface area contributed by atoms with Crippen LogP contribution in [0.5, 0.6) is 5.75 Å². The lowest BCUT2D eigenvalue weighted by Gasteiger charge is -2.13. The van der Waals surface area contributed by atoms with Crippen LogP contribution in [0, 0.1) is 23.7 Å². The van der Waals surface area contributed by atoms with E-state index in [-0.39, 0.29) is 35.5 Å². The molecule has 3 aromatic carbocycles. The molecule has 1 aliphatic heterocycles. The fraction of sp³-hybridized carbons (Fsp3) is 0.222. The van der Waals surface area contributed by atoms with Gasteiger partial charge in [0.15, 0.2) is 5.75 Å². The first-order valence-electron chi connectivity index (χ1n) is 11.2. The SMILES string of the molecule is O=C1[C@@H]2[C@H](C(=O)N1N=Cc1cc(Cl)c(OCc3cccc4ccccc34)c(Br)c1)[C@H]1C=C[C@H]2C1. The molecule has 2 aliphatic carbocycles. The molecule has 0 radical (unpaired) electrons. The minimum absolute atomic E-state index is 0.161. The van der Waals surface area contributed by atoms with E-state index in [1.54, 1.807) is 6.07 Å². The highest BCUT2D eigenvalue weighted by Crippen LogP contribution is 2.52. The van der Waals surface area contributed by atoms with Gasteiger partial charge in [-0.3, -0.25) is 9.59 Å². The van der Waals surface area contributed by atoms with E-state index in [1.165, 1.54) is 6.21 Å². The number of carbonyl (C=O) groups is 2. The van der Waals surface area contributed by atoms with Gasteiger partial charge in [0, 0.05) is 0 Å². The van der Waals surface area contributed by atoms with Crippen molar-refractivity contribution in [3.05, 3.63) is 87.4 Å². The minimum atomic E-state index is -0.264. The van der Waals surface area contributed by atoms with Gasteiger partial charge in [-0.1, -0.05) is 66.2 Å². The summed E-state index contributed by atoms with van der Waals surface area (Å²) >= 11 is 10.1. The number of nitrogens with zero attached hydrogens (tertiary/aromatic N) is 2. The van der Waals surface area contributed by atoms with Crippen LogP contribution in [0.25, 0.3) is 10.8 Å². The molecule has 1 heterocycles. The Bertz CT molecular complexity index is 1340. The molecule has 3 aromatic rings. The largest absolute Gasteiger partial charge is 0.486 e. The molecule has 5 nitrogen and oxygen atoms in total. The Hall–Kier alpha value is -2.96. The number of carbonyl (C=O) groups excluding carboxylic acids is 2. The normalized spacial score (nSPS) is 25.2. The predicted octanol–water partition coefficient (Wildman–Crippen LogP) is 5.98. The van der Waals surface area contributed by atoms with E-state index in [0.717, 1.165) is 27.8 Å². The van der Waals surface area contributed by atoms with Crippen molar-refractivity contribution in [3.63, 3.8) is 0 Å². The maximum atomic E-state index is 12.8. The van der Waals surface area contributed by atoms with Gasteiger partial charge in [-0.25, -0.2) is 0 Å². The average Bonchev–Trinajstić information content (AvgIpc) is 3.51. The molecule has 7 heteroatoms. The van der Waals surface area contributed by atoms with Crippen LogP contribution in [0.15, 0.2) is 76.3 Å². The van der Waals surface area contributed by atoms with Crippen LogP contribution in [0.1, 0.15) is 17.5 Å². The Morgan fingerprint density at radius 3 is 2.47 bits per heavy atom. The van der Waals surface area contributed by atoms with Gasteiger partial charge in [0.05, 0.1) is 27.5 Å².